The molecule has 1 heteroatoms. The van der Waals surface area contributed by atoms with Gasteiger partial charge in [-0.3, -0.25) is 0 Å². The summed E-state index contributed by atoms with van der Waals surface area (Å²) in [4.78, 5) is 0. The summed E-state index contributed by atoms with van der Waals surface area (Å²) in [7, 11) is 0. The van der Waals surface area contributed by atoms with E-state index in [1.165, 1.54) is 44.1 Å². The third-order valence-corrected chi connectivity index (χ3v) is 2.15. The maximum absolute atomic E-state index is 4.99. The van der Waals surface area contributed by atoms with Crippen molar-refractivity contribution in [1.29, 1.82) is 0 Å². The van der Waals surface area contributed by atoms with E-state index in [1.54, 1.807) is 6.26 Å². The maximum Gasteiger partial charge on any atom is 0.0934 e. The minimum Gasteiger partial charge on any atom is -0.472 e. The van der Waals surface area contributed by atoms with Gasteiger partial charge in [0.1, 0.15) is 0 Å². The van der Waals surface area contributed by atoms with E-state index >= 15 is 0 Å². The van der Waals surface area contributed by atoms with Crippen LogP contribution in [0.2, 0.25) is 0 Å². The Morgan fingerprint density at radius 3 is 2.67 bits per heavy atom. The Hall–Kier alpha value is -0.720. The molecule has 0 amide bonds. The minimum atomic E-state index is 1.18. The van der Waals surface area contributed by atoms with Gasteiger partial charge in [0, 0.05) is 0 Å². The molecular formula is C11H18O. The van der Waals surface area contributed by atoms with Gasteiger partial charge in [0.2, 0.25) is 0 Å². The average Bonchev–Trinajstić information content (AvgIpc) is 2.57. The summed E-state index contributed by atoms with van der Waals surface area (Å²) >= 11 is 0. The van der Waals surface area contributed by atoms with Crippen LogP contribution in [-0.4, -0.2) is 0 Å². The van der Waals surface area contributed by atoms with E-state index in [1.807, 2.05) is 6.26 Å². The molecule has 0 aromatic carbocycles. The van der Waals surface area contributed by atoms with E-state index in [0.717, 1.165) is 0 Å². The first-order valence-electron chi connectivity index (χ1n) is 4.94. The van der Waals surface area contributed by atoms with Crippen molar-refractivity contribution >= 4 is 0 Å². The molecule has 1 nitrogen and oxygen atoms in total. The Kier molecular flexibility index (Phi) is 4.58. The maximum atomic E-state index is 4.99. The molecule has 1 aromatic rings. The van der Waals surface area contributed by atoms with Crippen LogP contribution in [-0.2, 0) is 6.42 Å². The highest BCUT2D eigenvalue weighted by Crippen LogP contribution is 2.08. The third-order valence-electron chi connectivity index (χ3n) is 2.15. The molecule has 0 fully saturated rings. The monoisotopic (exact) mass is 166 g/mol. The van der Waals surface area contributed by atoms with Gasteiger partial charge in [0.25, 0.3) is 0 Å². The van der Waals surface area contributed by atoms with Crippen LogP contribution < -0.4 is 0 Å². The first-order valence-corrected chi connectivity index (χ1v) is 4.94. The summed E-state index contributed by atoms with van der Waals surface area (Å²) in [6.45, 7) is 2.25. The third kappa shape index (κ3) is 3.61. The van der Waals surface area contributed by atoms with Crippen LogP contribution in [0.25, 0.3) is 0 Å². The summed E-state index contributed by atoms with van der Waals surface area (Å²) in [6, 6.07) is 2.06. The molecule has 0 unspecified atom stereocenters. The lowest BCUT2D eigenvalue weighted by Gasteiger charge is -1.97. The molecule has 0 bridgehead atoms. The zero-order chi connectivity index (χ0) is 8.65. The van der Waals surface area contributed by atoms with Gasteiger partial charge < -0.3 is 4.42 Å². The van der Waals surface area contributed by atoms with Gasteiger partial charge in [0.15, 0.2) is 0 Å². The minimum absolute atomic E-state index is 1.18. The molecule has 0 N–H and O–H groups in total. The largest absolute Gasteiger partial charge is 0.472 e. The van der Waals surface area contributed by atoms with Crippen LogP contribution in [0.1, 0.15) is 44.6 Å². The Morgan fingerprint density at radius 2 is 2.00 bits per heavy atom. The van der Waals surface area contributed by atoms with Gasteiger partial charge in [-0.2, -0.15) is 0 Å². The average molecular weight is 166 g/mol. The molecule has 0 aliphatic carbocycles. The van der Waals surface area contributed by atoms with Crippen LogP contribution in [0.5, 0.6) is 0 Å². The second kappa shape index (κ2) is 5.87. The van der Waals surface area contributed by atoms with Crippen molar-refractivity contribution < 1.29 is 4.42 Å². The summed E-state index contributed by atoms with van der Waals surface area (Å²) in [6.07, 6.45) is 11.5. The van der Waals surface area contributed by atoms with E-state index in [2.05, 4.69) is 13.0 Å². The second-order valence-electron chi connectivity index (χ2n) is 3.30. The molecule has 0 aliphatic heterocycles. The number of hydrogen-bond donors (Lipinski definition) is 0. The van der Waals surface area contributed by atoms with Gasteiger partial charge in [-0.25, -0.2) is 0 Å². The fourth-order valence-electron chi connectivity index (χ4n) is 1.37. The lowest BCUT2D eigenvalue weighted by atomic mass is 10.1. The van der Waals surface area contributed by atoms with Gasteiger partial charge in [-0.1, -0.05) is 32.6 Å². The smallest absolute Gasteiger partial charge is 0.0934 e. The Bertz CT molecular complexity index is 177. The van der Waals surface area contributed by atoms with Crippen molar-refractivity contribution in [2.75, 3.05) is 0 Å². The Morgan fingerprint density at radius 1 is 1.17 bits per heavy atom. The SMILES string of the molecule is CCCCCCCc1ccoc1. The van der Waals surface area contributed by atoms with E-state index in [-0.39, 0.29) is 0 Å². The molecule has 68 valence electrons. The van der Waals surface area contributed by atoms with Crippen LogP contribution >= 0.6 is 0 Å². The van der Waals surface area contributed by atoms with Crippen LogP contribution in [0.4, 0.5) is 0 Å². The highest BCUT2D eigenvalue weighted by atomic mass is 16.3. The van der Waals surface area contributed by atoms with Crippen molar-refractivity contribution in [1.82, 2.24) is 0 Å². The molecule has 0 aliphatic rings. The van der Waals surface area contributed by atoms with Crippen molar-refractivity contribution in [3.05, 3.63) is 24.2 Å². The fraction of sp³-hybridized carbons (Fsp3) is 0.636. The van der Waals surface area contributed by atoms with E-state index in [0.29, 0.717) is 0 Å². The van der Waals surface area contributed by atoms with Gasteiger partial charge >= 0.3 is 0 Å². The number of unbranched alkanes of at least 4 members (excludes halogenated alkanes) is 4. The molecule has 0 atom stereocenters. The summed E-state index contributed by atoms with van der Waals surface area (Å²) in [5.74, 6) is 0. The molecule has 0 radical (unpaired) electrons. The standard InChI is InChI=1S/C11H18O/c1-2-3-4-5-6-7-11-8-9-12-10-11/h8-10H,2-7H2,1H3. The van der Waals surface area contributed by atoms with Gasteiger partial charge in [-0.05, 0) is 24.5 Å². The van der Waals surface area contributed by atoms with Crippen molar-refractivity contribution in [2.45, 2.75) is 45.4 Å². The predicted octanol–water partition coefficient (Wildman–Crippen LogP) is 3.79. The molecular weight excluding hydrogens is 148 g/mol. The van der Waals surface area contributed by atoms with Gasteiger partial charge in [-0.15, -0.1) is 0 Å². The molecule has 1 aromatic heterocycles. The summed E-state index contributed by atoms with van der Waals surface area (Å²) in [5, 5.41) is 0. The van der Waals surface area contributed by atoms with Crippen molar-refractivity contribution in [3.8, 4) is 0 Å². The van der Waals surface area contributed by atoms with Gasteiger partial charge in [0.05, 0.1) is 12.5 Å². The van der Waals surface area contributed by atoms with E-state index in [4.69, 9.17) is 4.42 Å². The van der Waals surface area contributed by atoms with Crippen molar-refractivity contribution in [2.24, 2.45) is 0 Å². The molecule has 0 saturated carbocycles. The summed E-state index contributed by atoms with van der Waals surface area (Å²) < 4.78 is 4.99. The zero-order valence-corrected chi connectivity index (χ0v) is 7.88. The number of hydrogen-bond acceptors (Lipinski definition) is 1. The lowest BCUT2D eigenvalue weighted by molar-refractivity contribution is 0.561. The van der Waals surface area contributed by atoms with Crippen LogP contribution in [0, 0.1) is 0 Å². The number of furan rings is 1. The zero-order valence-electron chi connectivity index (χ0n) is 7.88. The number of rotatable bonds is 6. The Balaban J connectivity index is 1.96. The van der Waals surface area contributed by atoms with E-state index < -0.39 is 0 Å². The highest BCUT2D eigenvalue weighted by molar-refractivity contribution is 5.04. The quantitative estimate of drug-likeness (QED) is 0.586. The fourth-order valence-corrected chi connectivity index (χ4v) is 1.37. The molecule has 12 heavy (non-hydrogen) atoms. The topological polar surface area (TPSA) is 13.1 Å². The molecule has 1 heterocycles. The first kappa shape index (κ1) is 9.37. The normalized spacial score (nSPS) is 10.4. The summed E-state index contributed by atoms with van der Waals surface area (Å²) in [5.41, 5.74) is 1.34. The van der Waals surface area contributed by atoms with Crippen LogP contribution in [0.3, 0.4) is 0 Å². The Labute approximate surface area is 74.8 Å². The van der Waals surface area contributed by atoms with Crippen molar-refractivity contribution in [3.63, 3.8) is 0 Å². The number of aryl methyl sites for hydroxylation is 1. The molecule has 0 saturated heterocycles. The van der Waals surface area contributed by atoms with E-state index in [9.17, 15) is 0 Å². The van der Waals surface area contributed by atoms with Crippen LogP contribution in [0.15, 0.2) is 23.0 Å². The molecule has 0 spiro atoms. The molecule has 1 rings (SSSR count). The first-order chi connectivity index (χ1) is 5.93. The highest BCUT2D eigenvalue weighted by Gasteiger charge is 1.93. The predicted molar refractivity (Wildman–Crippen MR) is 51.2 cm³/mol. The lowest BCUT2D eigenvalue weighted by Crippen LogP contribution is -1.82. The second-order valence-corrected chi connectivity index (χ2v) is 3.30.